The number of nitrogens with zero attached hydrogens (tertiary/aromatic N) is 5. The maximum Gasteiger partial charge on any atom is 0.233 e. The van der Waals surface area contributed by atoms with Crippen molar-refractivity contribution in [3.63, 3.8) is 0 Å². The van der Waals surface area contributed by atoms with Crippen LogP contribution in [0.25, 0.3) is 11.4 Å². The topological polar surface area (TPSA) is 81.0 Å². The number of aromatic nitrogens is 4. The quantitative estimate of drug-likeness (QED) is 0.433. The summed E-state index contributed by atoms with van der Waals surface area (Å²) in [6.45, 7) is 0. The summed E-state index contributed by atoms with van der Waals surface area (Å²) in [5.74, 6) is 0.880. The summed E-state index contributed by atoms with van der Waals surface area (Å²) < 4.78 is 2.13. The van der Waals surface area contributed by atoms with Crippen LogP contribution in [0.1, 0.15) is 50.1 Å². The highest BCUT2D eigenvalue weighted by molar-refractivity contribution is 7.99. The number of ketones is 1. The summed E-state index contributed by atoms with van der Waals surface area (Å²) in [6, 6.07) is 11.5. The number of carbonyl (C=O) groups is 2. The minimum Gasteiger partial charge on any atom is -0.328 e. The van der Waals surface area contributed by atoms with Crippen LogP contribution in [0.15, 0.2) is 53.9 Å². The zero-order chi connectivity index (χ0) is 23.7. The molecule has 3 aromatic rings. The molecule has 7 nitrogen and oxygen atoms in total. The van der Waals surface area contributed by atoms with Crippen LogP contribution >= 0.6 is 23.4 Å². The van der Waals surface area contributed by atoms with Gasteiger partial charge in [-0.05, 0) is 50.3 Å². The van der Waals surface area contributed by atoms with Crippen LogP contribution < -0.4 is 0 Å². The third-order valence-electron chi connectivity index (χ3n) is 6.76. The van der Waals surface area contributed by atoms with E-state index in [1.807, 2.05) is 30.3 Å². The van der Waals surface area contributed by atoms with E-state index in [1.165, 1.54) is 11.8 Å². The molecule has 9 heteroatoms. The number of hydrogen-bond acceptors (Lipinski definition) is 6. The van der Waals surface area contributed by atoms with Crippen LogP contribution in [-0.2, 0) is 15.1 Å². The zero-order valence-corrected chi connectivity index (χ0v) is 20.6. The average Bonchev–Trinajstić information content (AvgIpc) is 3.62. The maximum absolute atomic E-state index is 13.5. The van der Waals surface area contributed by atoms with Crippen LogP contribution in [0.2, 0.25) is 5.02 Å². The molecule has 176 valence electrons. The van der Waals surface area contributed by atoms with Gasteiger partial charge in [-0.25, -0.2) is 0 Å². The first-order valence-corrected chi connectivity index (χ1v) is 12.9. The highest BCUT2D eigenvalue weighted by atomic mass is 35.5. The molecule has 2 aliphatic carbocycles. The molecule has 34 heavy (non-hydrogen) atoms. The van der Waals surface area contributed by atoms with E-state index in [1.54, 1.807) is 30.4 Å². The maximum atomic E-state index is 13.5. The molecule has 0 unspecified atom stereocenters. The number of hydrogen-bond donors (Lipinski definition) is 0. The Labute approximate surface area is 207 Å². The number of benzene rings is 1. The van der Waals surface area contributed by atoms with Gasteiger partial charge >= 0.3 is 0 Å². The molecular formula is C25H26ClN5O2S. The molecule has 0 N–H and O–H groups in total. The molecule has 0 spiro atoms. The zero-order valence-electron chi connectivity index (χ0n) is 19.0. The normalized spacial score (nSPS) is 20.4. The first-order valence-electron chi connectivity index (χ1n) is 11.6. The third kappa shape index (κ3) is 4.14. The minimum absolute atomic E-state index is 0.0498. The number of amides is 1. The van der Waals surface area contributed by atoms with Gasteiger partial charge in [-0.3, -0.25) is 19.1 Å². The van der Waals surface area contributed by atoms with E-state index >= 15 is 0 Å². The number of carbonyl (C=O) groups excluding carboxylic acids is 2. The van der Waals surface area contributed by atoms with Crippen molar-refractivity contribution in [2.24, 2.45) is 0 Å². The number of halogens is 1. The van der Waals surface area contributed by atoms with Crippen LogP contribution in [0.4, 0.5) is 0 Å². The van der Waals surface area contributed by atoms with Crippen molar-refractivity contribution in [1.82, 2.24) is 24.6 Å². The minimum atomic E-state index is -1.03. The molecule has 1 atom stereocenters. The van der Waals surface area contributed by atoms with Gasteiger partial charge < -0.3 is 4.90 Å². The molecule has 1 amide bonds. The first-order chi connectivity index (χ1) is 16.5. The standard InChI is InChI=1S/C25H26ClN5O2S/c1-30(25(13-5-4-8-21(25)32)19-6-2-3-7-20(19)26)22(33)16-34-24-29-28-23(31(24)18-9-10-18)17-11-14-27-15-12-17/h2-3,6-7,11-12,14-15,18H,4-5,8-10,13,16H2,1H3/t25-/m1/s1. The summed E-state index contributed by atoms with van der Waals surface area (Å²) in [6.07, 6.45) is 8.35. The van der Waals surface area contributed by atoms with Crippen molar-refractivity contribution in [1.29, 1.82) is 0 Å². The number of rotatable bonds is 7. The Kier molecular flexibility index (Phi) is 6.44. The van der Waals surface area contributed by atoms with Crippen LogP contribution in [0.3, 0.4) is 0 Å². The number of pyridine rings is 1. The van der Waals surface area contributed by atoms with Crippen molar-refractivity contribution in [3.05, 3.63) is 59.4 Å². The van der Waals surface area contributed by atoms with Crippen molar-refractivity contribution in [2.45, 2.75) is 55.3 Å². The van der Waals surface area contributed by atoms with Crippen molar-refractivity contribution in [2.75, 3.05) is 12.8 Å². The van der Waals surface area contributed by atoms with Crippen LogP contribution in [0.5, 0.6) is 0 Å². The fourth-order valence-electron chi connectivity index (χ4n) is 4.80. The molecule has 2 heterocycles. The molecule has 1 aromatic carbocycles. The lowest BCUT2D eigenvalue weighted by molar-refractivity contribution is -0.146. The Hall–Kier alpha value is -2.71. The van der Waals surface area contributed by atoms with E-state index in [0.29, 0.717) is 29.5 Å². The van der Waals surface area contributed by atoms with Gasteiger partial charge in [0.05, 0.1) is 5.75 Å². The van der Waals surface area contributed by atoms with E-state index in [9.17, 15) is 9.59 Å². The van der Waals surface area contributed by atoms with E-state index in [2.05, 4.69) is 19.7 Å². The summed E-state index contributed by atoms with van der Waals surface area (Å²) in [5.41, 5.74) is 0.638. The van der Waals surface area contributed by atoms with Gasteiger partial charge in [0, 0.05) is 48.1 Å². The van der Waals surface area contributed by atoms with Gasteiger partial charge in [0.25, 0.3) is 0 Å². The fraction of sp³-hybridized carbons (Fsp3) is 0.400. The number of thioether (sulfide) groups is 1. The number of Topliss-reactive ketones (excluding diaryl/α,β-unsaturated/α-hetero) is 1. The second-order valence-electron chi connectivity index (χ2n) is 8.86. The molecule has 0 radical (unpaired) electrons. The lowest BCUT2D eigenvalue weighted by Crippen LogP contribution is -2.54. The van der Waals surface area contributed by atoms with Crippen molar-refractivity contribution in [3.8, 4) is 11.4 Å². The highest BCUT2D eigenvalue weighted by Crippen LogP contribution is 2.43. The Morgan fingerprint density at radius 1 is 1.18 bits per heavy atom. The van der Waals surface area contributed by atoms with Gasteiger partial charge in [-0.1, -0.05) is 41.6 Å². The molecule has 2 aromatic heterocycles. The van der Waals surface area contributed by atoms with Crippen LogP contribution in [-0.4, -0.2) is 49.1 Å². The molecule has 0 bridgehead atoms. The highest BCUT2D eigenvalue weighted by Gasteiger charge is 2.47. The smallest absolute Gasteiger partial charge is 0.233 e. The Balaban J connectivity index is 1.40. The van der Waals surface area contributed by atoms with Gasteiger partial charge in [0.2, 0.25) is 5.91 Å². The molecule has 2 saturated carbocycles. The average molecular weight is 496 g/mol. The molecule has 0 aliphatic heterocycles. The lowest BCUT2D eigenvalue weighted by atomic mass is 9.74. The molecule has 2 aliphatic rings. The monoisotopic (exact) mass is 495 g/mol. The Bertz CT molecular complexity index is 1210. The summed E-state index contributed by atoms with van der Waals surface area (Å²) >= 11 is 7.91. The van der Waals surface area contributed by atoms with E-state index in [0.717, 1.165) is 42.2 Å². The third-order valence-corrected chi connectivity index (χ3v) is 8.02. The predicted octanol–water partition coefficient (Wildman–Crippen LogP) is 4.92. The van der Waals surface area contributed by atoms with E-state index in [-0.39, 0.29) is 17.4 Å². The van der Waals surface area contributed by atoms with E-state index < -0.39 is 5.54 Å². The fourth-order valence-corrected chi connectivity index (χ4v) is 6.01. The van der Waals surface area contributed by atoms with Gasteiger partial charge in [-0.2, -0.15) is 0 Å². The second-order valence-corrected chi connectivity index (χ2v) is 10.2. The summed E-state index contributed by atoms with van der Waals surface area (Å²) in [5, 5.41) is 10.0. The van der Waals surface area contributed by atoms with Gasteiger partial charge in [0.15, 0.2) is 16.8 Å². The second kappa shape index (κ2) is 9.50. The molecule has 2 fully saturated rings. The molecular weight excluding hydrogens is 470 g/mol. The first kappa shape index (κ1) is 23.1. The van der Waals surface area contributed by atoms with Crippen molar-refractivity contribution < 1.29 is 9.59 Å². The Morgan fingerprint density at radius 3 is 2.65 bits per heavy atom. The lowest BCUT2D eigenvalue weighted by Gasteiger charge is -2.44. The Morgan fingerprint density at radius 2 is 1.94 bits per heavy atom. The predicted molar refractivity (Wildman–Crippen MR) is 132 cm³/mol. The molecule has 0 saturated heterocycles. The SMILES string of the molecule is CN(C(=O)CSc1nnc(-c2ccncc2)n1C1CC1)[C@@]1(c2ccccc2Cl)CCCCC1=O. The number of likely N-dealkylation sites (N-methyl/N-ethyl adjacent to an activating group) is 1. The summed E-state index contributed by atoms with van der Waals surface area (Å²) in [7, 11) is 1.73. The van der Waals surface area contributed by atoms with E-state index in [4.69, 9.17) is 11.6 Å². The van der Waals surface area contributed by atoms with Crippen LogP contribution in [0, 0.1) is 0 Å². The largest absolute Gasteiger partial charge is 0.328 e. The van der Waals surface area contributed by atoms with Gasteiger partial charge in [0.1, 0.15) is 5.54 Å². The van der Waals surface area contributed by atoms with Gasteiger partial charge in [-0.15, -0.1) is 10.2 Å². The van der Waals surface area contributed by atoms with Crippen molar-refractivity contribution >= 4 is 35.1 Å². The molecule has 5 rings (SSSR count). The summed E-state index contributed by atoms with van der Waals surface area (Å²) in [4.78, 5) is 32.5.